The molecular weight excluding hydrogens is 262 g/mol. The SMILES string of the molecule is CCc1c(C2CNC3(CCCC3)CO2)oc2ccccc12. The minimum atomic E-state index is 0.0542. The van der Waals surface area contributed by atoms with Gasteiger partial charge in [-0.2, -0.15) is 0 Å². The van der Waals surface area contributed by atoms with E-state index < -0.39 is 0 Å². The molecule has 1 N–H and O–H groups in total. The molecule has 3 heteroatoms. The minimum Gasteiger partial charge on any atom is -0.458 e. The standard InChI is InChI=1S/C18H23NO2/c1-2-13-14-7-3-4-8-15(14)21-17(13)16-11-19-18(12-20-16)9-5-6-10-18/h3-4,7-8,16,19H,2,5-6,9-12H2,1H3. The number of rotatable bonds is 2. The number of furan rings is 1. The number of hydrogen-bond acceptors (Lipinski definition) is 3. The summed E-state index contributed by atoms with van der Waals surface area (Å²) in [6.07, 6.45) is 6.19. The maximum Gasteiger partial charge on any atom is 0.138 e. The Kier molecular flexibility index (Phi) is 3.27. The summed E-state index contributed by atoms with van der Waals surface area (Å²) >= 11 is 0. The Balaban J connectivity index is 1.62. The van der Waals surface area contributed by atoms with E-state index >= 15 is 0 Å². The molecule has 2 aliphatic rings. The fourth-order valence-corrected chi connectivity index (χ4v) is 3.96. The Morgan fingerprint density at radius 3 is 2.76 bits per heavy atom. The van der Waals surface area contributed by atoms with Crippen molar-refractivity contribution in [3.05, 3.63) is 35.6 Å². The lowest BCUT2D eigenvalue weighted by atomic mass is 9.95. The van der Waals surface area contributed by atoms with Gasteiger partial charge < -0.3 is 14.5 Å². The second-order valence-electron chi connectivity index (χ2n) is 6.46. The zero-order chi connectivity index (χ0) is 14.3. The van der Waals surface area contributed by atoms with Gasteiger partial charge in [0, 0.05) is 23.0 Å². The molecule has 112 valence electrons. The molecule has 2 heterocycles. The van der Waals surface area contributed by atoms with Crippen molar-refractivity contribution in [2.24, 2.45) is 0 Å². The molecule has 1 atom stereocenters. The van der Waals surface area contributed by atoms with Crippen LogP contribution in [0.3, 0.4) is 0 Å². The topological polar surface area (TPSA) is 34.4 Å². The molecule has 1 aromatic heterocycles. The molecule has 1 saturated carbocycles. The Morgan fingerprint density at radius 1 is 1.24 bits per heavy atom. The molecule has 0 radical (unpaired) electrons. The van der Waals surface area contributed by atoms with Crippen LogP contribution in [-0.4, -0.2) is 18.7 Å². The average molecular weight is 285 g/mol. The smallest absolute Gasteiger partial charge is 0.138 e. The van der Waals surface area contributed by atoms with Gasteiger partial charge in [-0.05, 0) is 25.3 Å². The van der Waals surface area contributed by atoms with E-state index in [0.717, 1.165) is 30.9 Å². The quantitative estimate of drug-likeness (QED) is 0.906. The monoisotopic (exact) mass is 285 g/mol. The molecule has 1 spiro atoms. The molecule has 21 heavy (non-hydrogen) atoms. The number of aryl methyl sites for hydroxylation is 1. The highest BCUT2D eigenvalue weighted by Crippen LogP contribution is 2.38. The molecule has 4 rings (SSSR count). The first-order valence-corrected chi connectivity index (χ1v) is 8.18. The number of morpholine rings is 1. The van der Waals surface area contributed by atoms with Crippen LogP contribution >= 0.6 is 0 Å². The summed E-state index contributed by atoms with van der Waals surface area (Å²) in [6.45, 7) is 3.88. The molecule has 1 saturated heterocycles. The van der Waals surface area contributed by atoms with Gasteiger partial charge in [0.1, 0.15) is 17.4 Å². The van der Waals surface area contributed by atoms with Gasteiger partial charge in [0.2, 0.25) is 0 Å². The first kappa shape index (κ1) is 13.4. The normalized spacial score (nSPS) is 24.9. The number of hydrogen-bond donors (Lipinski definition) is 1. The van der Waals surface area contributed by atoms with Crippen molar-refractivity contribution < 1.29 is 9.15 Å². The Hall–Kier alpha value is -1.32. The van der Waals surface area contributed by atoms with Gasteiger partial charge >= 0.3 is 0 Å². The van der Waals surface area contributed by atoms with E-state index in [9.17, 15) is 0 Å². The summed E-state index contributed by atoms with van der Waals surface area (Å²) in [4.78, 5) is 0. The second kappa shape index (κ2) is 5.15. The number of benzene rings is 1. The van der Waals surface area contributed by atoms with Crippen molar-refractivity contribution in [3.63, 3.8) is 0 Å². The van der Waals surface area contributed by atoms with Crippen LogP contribution in [0.2, 0.25) is 0 Å². The van der Waals surface area contributed by atoms with Crippen LogP contribution < -0.4 is 5.32 Å². The number of fused-ring (bicyclic) bond motifs is 1. The third-order valence-electron chi connectivity index (χ3n) is 5.16. The van der Waals surface area contributed by atoms with Crippen molar-refractivity contribution in [1.29, 1.82) is 0 Å². The second-order valence-corrected chi connectivity index (χ2v) is 6.46. The van der Waals surface area contributed by atoms with E-state index in [-0.39, 0.29) is 11.6 Å². The van der Waals surface area contributed by atoms with Crippen molar-refractivity contribution in [3.8, 4) is 0 Å². The molecular formula is C18H23NO2. The Morgan fingerprint density at radius 2 is 2.05 bits per heavy atom. The summed E-state index contributed by atoms with van der Waals surface area (Å²) in [5.41, 5.74) is 2.53. The first-order chi connectivity index (χ1) is 10.3. The van der Waals surface area contributed by atoms with Crippen LogP contribution in [0.5, 0.6) is 0 Å². The van der Waals surface area contributed by atoms with Crippen molar-refractivity contribution in [2.75, 3.05) is 13.2 Å². The van der Waals surface area contributed by atoms with Crippen LogP contribution in [0.25, 0.3) is 11.0 Å². The van der Waals surface area contributed by atoms with Crippen molar-refractivity contribution >= 4 is 11.0 Å². The zero-order valence-corrected chi connectivity index (χ0v) is 12.7. The lowest BCUT2D eigenvalue weighted by Crippen LogP contribution is -2.53. The van der Waals surface area contributed by atoms with Crippen LogP contribution in [0.1, 0.15) is 50.0 Å². The van der Waals surface area contributed by atoms with Gasteiger partial charge in [-0.25, -0.2) is 0 Å². The fourth-order valence-electron chi connectivity index (χ4n) is 3.96. The summed E-state index contributed by atoms with van der Waals surface area (Å²) in [5, 5.41) is 4.99. The molecule has 3 nitrogen and oxygen atoms in total. The van der Waals surface area contributed by atoms with Crippen LogP contribution in [-0.2, 0) is 11.2 Å². The number of para-hydroxylation sites is 1. The fraction of sp³-hybridized carbons (Fsp3) is 0.556. The number of ether oxygens (including phenoxy) is 1. The van der Waals surface area contributed by atoms with Crippen molar-refractivity contribution in [1.82, 2.24) is 5.32 Å². The van der Waals surface area contributed by atoms with E-state index in [1.807, 2.05) is 12.1 Å². The third-order valence-corrected chi connectivity index (χ3v) is 5.16. The van der Waals surface area contributed by atoms with Gasteiger partial charge in [0.05, 0.1) is 6.61 Å². The van der Waals surface area contributed by atoms with E-state index in [0.29, 0.717) is 0 Å². The molecule has 1 aliphatic carbocycles. The highest BCUT2D eigenvalue weighted by atomic mass is 16.5. The molecule has 1 aliphatic heterocycles. The predicted octanol–water partition coefficient (Wildman–Crippen LogP) is 3.97. The molecule has 0 bridgehead atoms. The maximum absolute atomic E-state index is 6.22. The largest absolute Gasteiger partial charge is 0.458 e. The van der Waals surface area contributed by atoms with E-state index in [1.54, 1.807) is 0 Å². The molecule has 1 unspecified atom stereocenters. The van der Waals surface area contributed by atoms with Gasteiger partial charge in [-0.1, -0.05) is 38.0 Å². The summed E-state index contributed by atoms with van der Waals surface area (Å²) in [5.74, 6) is 1.03. The van der Waals surface area contributed by atoms with Gasteiger partial charge in [0.25, 0.3) is 0 Å². The van der Waals surface area contributed by atoms with Crippen LogP contribution in [0, 0.1) is 0 Å². The highest BCUT2D eigenvalue weighted by Gasteiger charge is 2.39. The van der Waals surface area contributed by atoms with Gasteiger partial charge in [0.15, 0.2) is 0 Å². The van der Waals surface area contributed by atoms with E-state index in [1.165, 1.54) is 36.6 Å². The lowest BCUT2D eigenvalue weighted by Gasteiger charge is -2.38. The average Bonchev–Trinajstić information content (AvgIpc) is 3.12. The summed E-state index contributed by atoms with van der Waals surface area (Å²) in [7, 11) is 0. The lowest BCUT2D eigenvalue weighted by molar-refractivity contribution is -0.0418. The number of nitrogens with one attached hydrogen (secondary N) is 1. The molecule has 2 aromatic rings. The molecule has 1 aromatic carbocycles. The third kappa shape index (κ3) is 2.19. The summed E-state index contributed by atoms with van der Waals surface area (Å²) < 4.78 is 12.3. The van der Waals surface area contributed by atoms with Gasteiger partial charge in [-0.15, -0.1) is 0 Å². The Bertz CT molecular complexity index is 630. The minimum absolute atomic E-state index is 0.0542. The Labute approximate surface area is 125 Å². The van der Waals surface area contributed by atoms with Crippen molar-refractivity contribution in [2.45, 2.75) is 50.7 Å². The van der Waals surface area contributed by atoms with Gasteiger partial charge in [-0.3, -0.25) is 0 Å². The summed E-state index contributed by atoms with van der Waals surface area (Å²) in [6, 6.07) is 8.30. The molecule has 0 amide bonds. The van der Waals surface area contributed by atoms with Crippen LogP contribution in [0.15, 0.2) is 28.7 Å². The van der Waals surface area contributed by atoms with E-state index in [2.05, 4.69) is 24.4 Å². The molecule has 2 fully saturated rings. The maximum atomic E-state index is 6.22. The zero-order valence-electron chi connectivity index (χ0n) is 12.7. The predicted molar refractivity (Wildman–Crippen MR) is 83.5 cm³/mol. The van der Waals surface area contributed by atoms with Crippen LogP contribution in [0.4, 0.5) is 0 Å². The first-order valence-electron chi connectivity index (χ1n) is 8.18. The van der Waals surface area contributed by atoms with E-state index in [4.69, 9.17) is 9.15 Å². The highest BCUT2D eigenvalue weighted by molar-refractivity contribution is 5.82.